The van der Waals surface area contributed by atoms with Crippen molar-refractivity contribution in [1.82, 2.24) is 0 Å². The van der Waals surface area contributed by atoms with E-state index >= 15 is 0 Å². The Bertz CT molecular complexity index is 430. The summed E-state index contributed by atoms with van der Waals surface area (Å²) in [5.74, 6) is -0.603. The minimum Gasteiger partial charge on any atom is -0.469 e. The molecule has 0 aromatic heterocycles. The van der Waals surface area contributed by atoms with Crippen molar-refractivity contribution in [2.45, 2.75) is 31.3 Å². The molecule has 0 heterocycles. The monoisotopic (exact) mass is 266 g/mol. The molecule has 19 heavy (non-hydrogen) atoms. The SMILES string of the molecule is COC(=O)[C@H]1CC(OC)CC[C@H]1c1ccc(F)cc1. The summed E-state index contributed by atoms with van der Waals surface area (Å²) in [6, 6.07) is 6.38. The lowest BCUT2D eigenvalue weighted by Crippen LogP contribution is -2.33. The smallest absolute Gasteiger partial charge is 0.309 e. The molecule has 4 heteroatoms. The predicted octanol–water partition coefficient (Wildman–Crippen LogP) is 2.90. The minimum atomic E-state index is -0.260. The van der Waals surface area contributed by atoms with E-state index in [9.17, 15) is 9.18 Å². The topological polar surface area (TPSA) is 35.5 Å². The number of rotatable bonds is 3. The van der Waals surface area contributed by atoms with E-state index < -0.39 is 0 Å². The summed E-state index contributed by atoms with van der Waals surface area (Å²) in [7, 11) is 3.07. The average Bonchev–Trinajstić information content (AvgIpc) is 2.46. The highest BCUT2D eigenvalue weighted by Crippen LogP contribution is 2.39. The van der Waals surface area contributed by atoms with Gasteiger partial charge in [0.05, 0.1) is 19.1 Å². The molecule has 3 nitrogen and oxygen atoms in total. The molecule has 1 aromatic rings. The van der Waals surface area contributed by atoms with Crippen LogP contribution in [0.1, 0.15) is 30.7 Å². The summed E-state index contributed by atoms with van der Waals surface area (Å²) < 4.78 is 23.2. The number of ether oxygens (including phenoxy) is 2. The van der Waals surface area contributed by atoms with Crippen LogP contribution in [-0.2, 0) is 14.3 Å². The third-order valence-electron chi connectivity index (χ3n) is 3.94. The highest BCUT2D eigenvalue weighted by molar-refractivity contribution is 5.73. The molecule has 0 radical (unpaired) electrons. The third kappa shape index (κ3) is 3.13. The molecule has 0 saturated heterocycles. The van der Waals surface area contributed by atoms with Gasteiger partial charge in [0, 0.05) is 7.11 Å². The van der Waals surface area contributed by atoms with Crippen LogP contribution in [-0.4, -0.2) is 26.3 Å². The molecule has 1 fully saturated rings. The van der Waals surface area contributed by atoms with E-state index in [2.05, 4.69) is 0 Å². The molecule has 3 atom stereocenters. The van der Waals surface area contributed by atoms with E-state index in [1.165, 1.54) is 19.2 Å². The maximum Gasteiger partial charge on any atom is 0.309 e. The highest BCUT2D eigenvalue weighted by atomic mass is 19.1. The second-order valence-electron chi connectivity index (χ2n) is 4.96. The van der Waals surface area contributed by atoms with E-state index in [0.717, 1.165) is 18.4 Å². The van der Waals surface area contributed by atoms with Gasteiger partial charge in [-0.15, -0.1) is 0 Å². The molecule has 1 aromatic carbocycles. The maximum atomic E-state index is 13.0. The van der Waals surface area contributed by atoms with Crippen LogP contribution < -0.4 is 0 Å². The Morgan fingerprint density at radius 3 is 2.47 bits per heavy atom. The Kier molecular flexibility index (Phi) is 4.53. The normalized spacial score (nSPS) is 27.0. The molecule has 1 unspecified atom stereocenters. The van der Waals surface area contributed by atoms with Crippen molar-refractivity contribution in [3.8, 4) is 0 Å². The van der Waals surface area contributed by atoms with Crippen LogP contribution in [0.15, 0.2) is 24.3 Å². The highest BCUT2D eigenvalue weighted by Gasteiger charge is 2.36. The van der Waals surface area contributed by atoms with Crippen LogP contribution in [0.5, 0.6) is 0 Å². The fourth-order valence-corrected chi connectivity index (χ4v) is 2.87. The molecule has 1 aliphatic rings. The summed E-state index contributed by atoms with van der Waals surface area (Å²) in [6.45, 7) is 0. The van der Waals surface area contributed by atoms with Crippen molar-refractivity contribution in [3.05, 3.63) is 35.6 Å². The molecule has 1 saturated carbocycles. The number of hydrogen-bond acceptors (Lipinski definition) is 3. The Labute approximate surface area is 112 Å². The van der Waals surface area contributed by atoms with Crippen LogP contribution in [0, 0.1) is 11.7 Å². The van der Waals surface area contributed by atoms with Gasteiger partial charge in [-0.25, -0.2) is 4.39 Å². The van der Waals surface area contributed by atoms with E-state index in [4.69, 9.17) is 9.47 Å². The summed E-state index contributed by atoms with van der Waals surface area (Å²) in [5, 5.41) is 0. The van der Waals surface area contributed by atoms with Gasteiger partial charge in [-0.3, -0.25) is 4.79 Å². The van der Waals surface area contributed by atoms with Crippen molar-refractivity contribution in [3.63, 3.8) is 0 Å². The fraction of sp³-hybridized carbons (Fsp3) is 0.533. The Hall–Kier alpha value is -1.42. The number of esters is 1. The summed E-state index contributed by atoms with van der Waals surface area (Å²) in [6.07, 6.45) is 2.52. The minimum absolute atomic E-state index is 0.0828. The first-order valence-corrected chi connectivity index (χ1v) is 6.51. The first kappa shape index (κ1) is 14.0. The Balaban J connectivity index is 2.21. The van der Waals surface area contributed by atoms with Crippen molar-refractivity contribution in [2.75, 3.05) is 14.2 Å². The van der Waals surface area contributed by atoms with E-state index in [1.807, 2.05) is 0 Å². The molecule has 1 aliphatic carbocycles. The molecular weight excluding hydrogens is 247 g/mol. The molecule has 0 aliphatic heterocycles. The number of halogens is 1. The van der Waals surface area contributed by atoms with Gasteiger partial charge in [0.25, 0.3) is 0 Å². The van der Waals surface area contributed by atoms with Crippen LogP contribution in [0.4, 0.5) is 4.39 Å². The number of hydrogen-bond donors (Lipinski definition) is 0. The first-order valence-electron chi connectivity index (χ1n) is 6.51. The maximum absolute atomic E-state index is 13.0. The number of carbonyl (C=O) groups excluding carboxylic acids is 1. The van der Waals surface area contributed by atoms with Gasteiger partial charge in [0.2, 0.25) is 0 Å². The molecule has 2 rings (SSSR count). The van der Waals surface area contributed by atoms with Gasteiger partial charge in [0.15, 0.2) is 0 Å². The molecule has 0 bridgehead atoms. The first-order chi connectivity index (χ1) is 9.15. The van der Waals surface area contributed by atoms with Gasteiger partial charge in [-0.2, -0.15) is 0 Å². The third-order valence-corrected chi connectivity index (χ3v) is 3.94. The summed E-state index contributed by atoms with van der Waals surface area (Å²) >= 11 is 0. The van der Waals surface area contributed by atoms with Crippen molar-refractivity contribution >= 4 is 5.97 Å². The van der Waals surface area contributed by atoms with Gasteiger partial charge < -0.3 is 9.47 Å². The Morgan fingerprint density at radius 2 is 1.89 bits per heavy atom. The number of carbonyl (C=O) groups is 1. The zero-order chi connectivity index (χ0) is 13.8. The molecule has 0 amide bonds. The summed E-state index contributed by atoms with van der Waals surface area (Å²) in [4.78, 5) is 11.9. The quantitative estimate of drug-likeness (QED) is 0.789. The van der Waals surface area contributed by atoms with Crippen LogP contribution in [0.2, 0.25) is 0 Å². The van der Waals surface area contributed by atoms with Crippen molar-refractivity contribution in [2.24, 2.45) is 5.92 Å². The van der Waals surface area contributed by atoms with E-state index in [0.29, 0.717) is 6.42 Å². The average molecular weight is 266 g/mol. The standard InChI is InChI=1S/C15H19FO3/c1-18-12-7-8-13(14(9-12)15(17)19-2)10-3-5-11(16)6-4-10/h3-6,12-14H,7-9H2,1-2H3/t12?,13-,14-/m0/s1. The number of benzene rings is 1. The van der Waals surface area contributed by atoms with Gasteiger partial charge in [-0.1, -0.05) is 12.1 Å². The van der Waals surface area contributed by atoms with Crippen molar-refractivity contribution < 1.29 is 18.7 Å². The molecule has 0 N–H and O–H groups in total. The van der Waals surface area contributed by atoms with E-state index in [-0.39, 0.29) is 29.7 Å². The fourth-order valence-electron chi connectivity index (χ4n) is 2.87. The second kappa shape index (κ2) is 6.15. The predicted molar refractivity (Wildman–Crippen MR) is 69.3 cm³/mol. The lowest BCUT2D eigenvalue weighted by Gasteiger charge is -2.34. The van der Waals surface area contributed by atoms with Gasteiger partial charge >= 0.3 is 5.97 Å². The lowest BCUT2D eigenvalue weighted by molar-refractivity contribution is -0.149. The number of methoxy groups -OCH3 is 2. The Morgan fingerprint density at radius 1 is 1.21 bits per heavy atom. The second-order valence-corrected chi connectivity index (χ2v) is 4.96. The molecule has 0 spiro atoms. The van der Waals surface area contributed by atoms with Crippen LogP contribution in [0.25, 0.3) is 0 Å². The van der Waals surface area contributed by atoms with Crippen LogP contribution >= 0.6 is 0 Å². The molecule has 104 valence electrons. The zero-order valence-electron chi connectivity index (χ0n) is 11.3. The summed E-state index contributed by atoms with van der Waals surface area (Å²) in [5.41, 5.74) is 0.992. The van der Waals surface area contributed by atoms with E-state index in [1.54, 1.807) is 19.2 Å². The lowest BCUT2D eigenvalue weighted by atomic mass is 9.74. The molecular formula is C15H19FO3. The zero-order valence-corrected chi connectivity index (χ0v) is 11.3. The van der Waals surface area contributed by atoms with Crippen LogP contribution in [0.3, 0.4) is 0 Å². The largest absolute Gasteiger partial charge is 0.469 e. The van der Waals surface area contributed by atoms with Gasteiger partial charge in [-0.05, 0) is 42.9 Å². The van der Waals surface area contributed by atoms with Crippen molar-refractivity contribution in [1.29, 1.82) is 0 Å². The van der Waals surface area contributed by atoms with Gasteiger partial charge in [0.1, 0.15) is 5.82 Å².